The molecule has 0 unspecified atom stereocenters. The number of hydrogen-bond acceptors (Lipinski definition) is 8. The molecule has 52 heavy (non-hydrogen) atoms. The first kappa shape index (κ1) is 38.6. The lowest BCUT2D eigenvalue weighted by Gasteiger charge is -2.38. The number of unbranched alkanes of at least 4 members (excludes halogenated alkanes) is 2. The number of phenols is 1. The summed E-state index contributed by atoms with van der Waals surface area (Å²) in [6.07, 6.45) is 1.67. The van der Waals surface area contributed by atoms with Gasteiger partial charge in [0.15, 0.2) is 6.29 Å². The van der Waals surface area contributed by atoms with Crippen molar-refractivity contribution in [3.63, 3.8) is 0 Å². The van der Waals surface area contributed by atoms with E-state index in [0.29, 0.717) is 44.6 Å². The number of carbonyl (C=O) groups excluding carboxylic acids is 2. The number of benzene rings is 4. The van der Waals surface area contributed by atoms with Crippen LogP contribution in [0.25, 0.3) is 11.1 Å². The molecule has 1 aliphatic rings. The van der Waals surface area contributed by atoms with Crippen molar-refractivity contribution in [3.05, 3.63) is 125 Å². The van der Waals surface area contributed by atoms with Gasteiger partial charge in [-0.15, -0.1) is 0 Å². The van der Waals surface area contributed by atoms with Crippen molar-refractivity contribution in [2.24, 2.45) is 0 Å². The van der Waals surface area contributed by atoms with Crippen LogP contribution in [0.5, 0.6) is 5.75 Å². The monoisotopic (exact) mass is 709 g/mol. The average Bonchev–Trinajstić information content (AvgIpc) is 3.15. The molecular formula is C42H51N3O7. The third-order valence-electron chi connectivity index (χ3n) is 9.23. The molecule has 276 valence electrons. The molecule has 2 amide bonds. The Morgan fingerprint density at radius 2 is 1.60 bits per heavy atom. The Balaban J connectivity index is 1.25. The smallest absolute Gasteiger partial charge is 0.220 e. The molecule has 10 nitrogen and oxygen atoms in total. The molecule has 1 saturated heterocycles. The highest BCUT2D eigenvalue weighted by atomic mass is 16.7. The lowest BCUT2D eigenvalue weighted by molar-refractivity contribution is -0.252. The van der Waals surface area contributed by atoms with Gasteiger partial charge in [0.25, 0.3) is 0 Å². The molecule has 4 aromatic rings. The van der Waals surface area contributed by atoms with E-state index >= 15 is 0 Å². The Hall–Kier alpha value is -4.58. The van der Waals surface area contributed by atoms with Crippen molar-refractivity contribution in [1.82, 2.24) is 15.5 Å². The minimum atomic E-state index is -0.776. The second kappa shape index (κ2) is 19.3. The van der Waals surface area contributed by atoms with Gasteiger partial charge in [-0.25, -0.2) is 0 Å². The molecule has 4 atom stereocenters. The Kier molecular flexibility index (Phi) is 14.4. The standard InChI is InChI=1S/C42H51N3O7/c1-29(47)43-20-5-3-4-15-41(50)44-25-31-9-6-10-33(21-31)34-11-7-13-36(22-34)42-51-38(24-40(52-42)32-18-16-30(28-46)17-19-32)26-45(2)27-39(49)35-12-8-14-37(48)23-35/h6-14,16-19,21-23,38-40,42,46,48-49H,3-5,15,20,24-28H2,1-2H3,(H,43,47)(H,44,50)/t38-,39-,40+,42+/m1/s1. The molecule has 0 aromatic heterocycles. The number of rotatable bonds is 17. The van der Waals surface area contributed by atoms with Gasteiger partial charge in [0.2, 0.25) is 11.8 Å². The van der Waals surface area contributed by atoms with Crippen molar-refractivity contribution in [3.8, 4) is 16.9 Å². The van der Waals surface area contributed by atoms with Crippen molar-refractivity contribution < 1.29 is 34.4 Å². The van der Waals surface area contributed by atoms with Crippen LogP contribution >= 0.6 is 0 Å². The number of phenolic OH excluding ortho intramolecular Hbond substituents is 1. The molecule has 1 heterocycles. The van der Waals surface area contributed by atoms with Crippen LogP contribution in [0.4, 0.5) is 0 Å². The zero-order valence-corrected chi connectivity index (χ0v) is 30.0. The summed E-state index contributed by atoms with van der Waals surface area (Å²) < 4.78 is 13.2. The number of nitrogens with zero attached hydrogens (tertiary/aromatic N) is 1. The van der Waals surface area contributed by atoms with E-state index in [1.165, 1.54) is 6.92 Å². The van der Waals surface area contributed by atoms with Gasteiger partial charge in [0.05, 0.1) is 24.9 Å². The molecule has 0 aliphatic carbocycles. The first-order valence-corrected chi connectivity index (χ1v) is 18.0. The summed E-state index contributed by atoms with van der Waals surface area (Å²) in [7, 11) is 1.94. The van der Waals surface area contributed by atoms with Gasteiger partial charge in [-0.3, -0.25) is 9.59 Å². The van der Waals surface area contributed by atoms with E-state index in [-0.39, 0.29) is 36.4 Å². The van der Waals surface area contributed by atoms with Crippen LogP contribution < -0.4 is 10.6 Å². The number of nitrogens with one attached hydrogen (secondary N) is 2. The van der Waals surface area contributed by atoms with Crippen LogP contribution in [0.2, 0.25) is 0 Å². The van der Waals surface area contributed by atoms with E-state index in [1.807, 2.05) is 72.6 Å². The van der Waals surface area contributed by atoms with Crippen LogP contribution in [0.1, 0.15) is 85.3 Å². The largest absolute Gasteiger partial charge is 0.508 e. The Bertz CT molecular complexity index is 1750. The molecule has 0 radical (unpaired) electrons. The van der Waals surface area contributed by atoms with Crippen molar-refractivity contribution in [2.45, 2.75) is 76.8 Å². The fourth-order valence-corrected chi connectivity index (χ4v) is 6.45. The maximum absolute atomic E-state index is 12.5. The molecule has 1 fully saturated rings. The number of aliphatic hydroxyl groups excluding tert-OH is 2. The topological polar surface area (TPSA) is 141 Å². The summed E-state index contributed by atoms with van der Waals surface area (Å²) in [5.74, 6) is 0.0870. The zero-order valence-electron chi connectivity index (χ0n) is 30.0. The van der Waals surface area contributed by atoms with E-state index in [0.717, 1.165) is 52.6 Å². The van der Waals surface area contributed by atoms with Gasteiger partial charge in [-0.05, 0) is 77.5 Å². The van der Waals surface area contributed by atoms with Crippen LogP contribution in [0.3, 0.4) is 0 Å². The Labute approximate surface area is 306 Å². The Morgan fingerprint density at radius 3 is 2.35 bits per heavy atom. The van der Waals surface area contributed by atoms with Crippen LogP contribution in [0, 0.1) is 0 Å². The first-order valence-electron chi connectivity index (χ1n) is 18.0. The lowest BCUT2D eigenvalue weighted by Crippen LogP contribution is -2.39. The maximum atomic E-state index is 12.5. The summed E-state index contributed by atoms with van der Waals surface area (Å²) in [6.45, 7) is 3.44. The van der Waals surface area contributed by atoms with Gasteiger partial charge < -0.3 is 40.3 Å². The third kappa shape index (κ3) is 11.7. The van der Waals surface area contributed by atoms with Gasteiger partial charge in [0, 0.05) is 51.5 Å². The predicted octanol–water partition coefficient (Wildman–Crippen LogP) is 6.08. The van der Waals surface area contributed by atoms with Crippen LogP contribution in [0.15, 0.2) is 97.1 Å². The molecule has 4 aromatic carbocycles. The molecular weight excluding hydrogens is 658 g/mol. The van der Waals surface area contributed by atoms with E-state index in [1.54, 1.807) is 24.3 Å². The lowest BCUT2D eigenvalue weighted by atomic mass is 9.98. The van der Waals surface area contributed by atoms with E-state index in [9.17, 15) is 24.9 Å². The number of hydrogen-bond donors (Lipinski definition) is 5. The van der Waals surface area contributed by atoms with E-state index in [2.05, 4.69) is 22.8 Å². The number of carbonyl (C=O) groups is 2. The number of aliphatic hydroxyl groups is 2. The normalized spacial score (nSPS) is 17.8. The predicted molar refractivity (Wildman–Crippen MR) is 200 cm³/mol. The molecule has 0 spiro atoms. The molecule has 0 bridgehead atoms. The minimum absolute atomic E-state index is 0.00755. The second-order valence-corrected chi connectivity index (χ2v) is 13.6. The quantitative estimate of drug-likeness (QED) is 0.0833. The number of amides is 2. The average molecular weight is 710 g/mol. The highest BCUT2D eigenvalue weighted by Crippen LogP contribution is 2.39. The molecule has 1 aliphatic heterocycles. The van der Waals surface area contributed by atoms with Gasteiger partial charge >= 0.3 is 0 Å². The van der Waals surface area contributed by atoms with Crippen LogP contribution in [-0.2, 0) is 32.2 Å². The summed E-state index contributed by atoms with van der Waals surface area (Å²) in [5, 5.41) is 36.1. The number of ether oxygens (including phenoxy) is 2. The van der Waals surface area contributed by atoms with E-state index in [4.69, 9.17) is 9.47 Å². The Morgan fingerprint density at radius 1 is 0.846 bits per heavy atom. The summed E-state index contributed by atoms with van der Waals surface area (Å²) in [6, 6.07) is 30.7. The highest BCUT2D eigenvalue weighted by Gasteiger charge is 2.33. The second-order valence-electron chi connectivity index (χ2n) is 13.6. The van der Waals surface area contributed by atoms with Gasteiger partial charge in [0.1, 0.15) is 5.75 Å². The maximum Gasteiger partial charge on any atom is 0.220 e. The highest BCUT2D eigenvalue weighted by molar-refractivity contribution is 5.76. The fraction of sp³-hybridized carbons (Fsp3) is 0.381. The van der Waals surface area contributed by atoms with Crippen molar-refractivity contribution in [2.75, 3.05) is 26.7 Å². The summed E-state index contributed by atoms with van der Waals surface area (Å²) in [4.78, 5) is 25.5. The van der Waals surface area contributed by atoms with Crippen molar-refractivity contribution in [1.29, 1.82) is 0 Å². The number of likely N-dealkylation sites (N-methyl/N-ethyl adjacent to an activating group) is 1. The van der Waals surface area contributed by atoms with Crippen LogP contribution in [-0.4, -0.2) is 64.8 Å². The van der Waals surface area contributed by atoms with Crippen molar-refractivity contribution >= 4 is 11.8 Å². The molecule has 0 saturated carbocycles. The third-order valence-corrected chi connectivity index (χ3v) is 9.23. The fourth-order valence-electron chi connectivity index (χ4n) is 6.45. The van der Waals surface area contributed by atoms with Gasteiger partial charge in [-0.1, -0.05) is 79.2 Å². The zero-order chi connectivity index (χ0) is 36.9. The summed E-state index contributed by atoms with van der Waals surface area (Å²) in [5.41, 5.74) is 6.34. The first-order chi connectivity index (χ1) is 25.2. The molecule has 5 rings (SSSR count). The van der Waals surface area contributed by atoms with E-state index < -0.39 is 12.4 Å². The number of aromatic hydroxyl groups is 1. The minimum Gasteiger partial charge on any atom is -0.508 e. The molecule has 5 N–H and O–H groups in total. The SMILES string of the molecule is CC(=O)NCCCCCC(=O)NCc1cccc(-c2cccc([C@H]3O[C@@H](CN(C)C[C@@H](O)c4cccc(O)c4)C[C@@H](c4ccc(CO)cc4)O3)c2)c1. The summed E-state index contributed by atoms with van der Waals surface area (Å²) >= 11 is 0. The van der Waals surface area contributed by atoms with Gasteiger partial charge in [-0.2, -0.15) is 0 Å². The molecule has 10 heteroatoms.